The van der Waals surface area contributed by atoms with Crippen molar-refractivity contribution in [3.63, 3.8) is 0 Å². The van der Waals surface area contributed by atoms with Gasteiger partial charge in [0.25, 0.3) is 0 Å². The Morgan fingerprint density at radius 1 is 0.621 bits per heavy atom. The average molecular weight is 405 g/mol. The van der Waals surface area contributed by atoms with Gasteiger partial charge >= 0.3 is 0 Å². The molecular formula is C24H24N2O2S. The smallest absolute Gasteiger partial charge is 0.113 e. The van der Waals surface area contributed by atoms with Gasteiger partial charge in [0.15, 0.2) is 0 Å². The molecule has 4 aromatic rings. The largest absolute Gasteiger partial charge is 0.377 e. The third-order valence-electron chi connectivity index (χ3n) is 4.89. The third kappa shape index (κ3) is 4.37. The molecule has 1 heterocycles. The Labute approximate surface area is 175 Å². The number of hydrogen-bond acceptors (Lipinski definition) is 5. The van der Waals surface area contributed by atoms with Crippen molar-refractivity contribution in [3.05, 3.63) is 71.8 Å². The van der Waals surface area contributed by atoms with Crippen molar-refractivity contribution in [1.29, 1.82) is 0 Å². The quantitative estimate of drug-likeness (QED) is 0.356. The van der Waals surface area contributed by atoms with Gasteiger partial charge in [-0.3, -0.25) is 0 Å². The minimum atomic E-state index is 0.642. The van der Waals surface area contributed by atoms with Crippen molar-refractivity contribution < 1.29 is 9.47 Å². The van der Waals surface area contributed by atoms with Crippen LogP contribution < -0.4 is 0 Å². The summed E-state index contributed by atoms with van der Waals surface area (Å²) in [6, 6.07) is 21.3. The molecule has 4 rings (SSSR count). The van der Waals surface area contributed by atoms with Crippen LogP contribution in [0.1, 0.15) is 25.0 Å². The monoisotopic (exact) mass is 404 g/mol. The standard InChI is InChI=1S/C24H24N2O2S/c1-3-27-15-17-5-9-19(10-6-17)21-13-14-22(24-23(21)25-29-26-24)20-11-7-18(8-12-20)16-28-4-2/h5-14H,3-4,15-16H2,1-2H3. The van der Waals surface area contributed by atoms with E-state index in [0.29, 0.717) is 13.2 Å². The van der Waals surface area contributed by atoms with E-state index in [1.54, 1.807) is 0 Å². The molecule has 4 nitrogen and oxygen atoms in total. The van der Waals surface area contributed by atoms with Gasteiger partial charge in [0.05, 0.1) is 24.9 Å². The molecule has 0 radical (unpaired) electrons. The highest BCUT2D eigenvalue weighted by Gasteiger charge is 2.13. The Bertz CT molecular complexity index is 987. The fourth-order valence-corrected chi connectivity index (χ4v) is 3.91. The lowest BCUT2D eigenvalue weighted by Gasteiger charge is -2.09. The van der Waals surface area contributed by atoms with Crippen molar-refractivity contribution in [2.24, 2.45) is 0 Å². The minimum absolute atomic E-state index is 0.642. The van der Waals surface area contributed by atoms with Gasteiger partial charge in [0.1, 0.15) is 11.0 Å². The van der Waals surface area contributed by atoms with Crippen LogP contribution in [0.15, 0.2) is 60.7 Å². The van der Waals surface area contributed by atoms with Gasteiger partial charge in [-0.25, -0.2) is 0 Å². The fourth-order valence-electron chi connectivity index (χ4n) is 3.33. The molecule has 29 heavy (non-hydrogen) atoms. The summed E-state index contributed by atoms with van der Waals surface area (Å²) in [5.41, 5.74) is 8.73. The molecule has 0 saturated carbocycles. The predicted octanol–water partition coefficient (Wildman–Crippen LogP) is 6.10. The van der Waals surface area contributed by atoms with Crippen LogP contribution >= 0.6 is 11.7 Å². The summed E-state index contributed by atoms with van der Waals surface area (Å²) in [6.45, 7) is 6.75. The summed E-state index contributed by atoms with van der Waals surface area (Å²) in [7, 11) is 0. The van der Waals surface area contributed by atoms with E-state index in [-0.39, 0.29) is 0 Å². The number of aromatic nitrogens is 2. The van der Waals surface area contributed by atoms with E-state index in [0.717, 1.165) is 46.5 Å². The first-order valence-corrected chi connectivity index (χ1v) is 10.6. The summed E-state index contributed by atoms with van der Waals surface area (Å²) < 4.78 is 20.2. The Morgan fingerprint density at radius 2 is 1.03 bits per heavy atom. The lowest BCUT2D eigenvalue weighted by Crippen LogP contribution is -1.92. The molecule has 3 aromatic carbocycles. The van der Waals surface area contributed by atoms with Gasteiger partial charge in [-0.2, -0.15) is 8.75 Å². The van der Waals surface area contributed by atoms with Crippen molar-refractivity contribution in [2.75, 3.05) is 13.2 Å². The van der Waals surface area contributed by atoms with Gasteiger partial charge in [-0.1, -0.05) is 60.7 Å². The van der Waals surface area contributed by atoms with Crippen LogP contribution in [0.3, 0.4) is 0 Å². The molecule has 0 amide bonds. The molecule has 0 aliphatic heterocycles. The number of hydrogen-bond donors (Lipinski definition) is 0. The van der Waals surface area contributed by atoms with Crippen molar-refractivity contribution >= 4 is 22.8 Å². The van der Waals surface area contributed by atoms with E-state index >= 15 is 0 Å². The van der Waals surface area contributed by atoms with E-state index in [2.05, 4.69) is 69.4 Å². The molecule has 0 bridgehead atoms. The van der Waals surface area contributed by atoms with Crippen LogP contribution in [0, 0.1) is 0 Å². The van der Waals surface area contributed by atoms with E-state index in [1.165, 1.54) is 22.9 Å². The molecule has 0 aliphatic carbocycles. The molecule has 0 saturated heterocycles. The summed E-state index contributed by atoms with van der Waals surface area (Å²) >= 11 is 1.26. The average Bonchev–Trinajstić information content (AvgIpc) is 3.26. The fraction of sp³-hybridized carbons (Fsp3) is 0.250. The lowest BCUT2D eigenvalue weighted by atomic mass is 9.97. The maximum atomic E-state index is 5.49. The van der Waals surface area contributed by atoms with E-state index in [1.807, 2.05) is 13.8 Å². The molecule has 0 aliphatic rings. The highest BCUT2D eigenvalue weighted by atomic mass is 32.1. The molecule has 148 valence electrons. The number of nitrogens with zero attached hydrogens (tertiary/aromatic N) is 2. The third-order valence-corrected chi connectivity index (χ3v) is 5.42. The zero-order valence-corrected chi connectivity index (χ0v) is 17.5. The zero-order chi connectivity index (χ0) is 20.1. The second kappa shape index (κ2) is 9.27. The number of benzene rings is 3. The first-order valence-electron chi connectivity index (χ1n) is 9.89. The Morgan fingerprint density at radius 3 is 1.41 bits per heavy atom. The molecule has 0 atom stereocenters. The zero-order valence-electron chi connectivity index (χ0n) is 16.7. The van der Waals surface area contributed by atoms with Gasteiger partial charge < -0.3 is 9.47 Å². The van der Waals surface area contributed by atoms with Crippen molar-refractivity contribution in [1.82, 2.24) is 8.75 Å². The summed E-state index contributed by atoms with van der Waals surface area (Å²) in [5.74, 6) is 0. The van der Waals surface area contributed by atoms with Crippen LogP contribution in [0.5, 0.6) is 0 Å². The van der Waals surface area contributed by atoms with Crippen LogP contribution in [0.2, 0.25) is 0 Å². The topological polar surface area (TPSA) is 44.2 Å². The van der Waals surface area contributed by atoms with E-state index < -0.39 is 0 Å². The SMILES string of the molecule is CCOCc1ccc(-c2ccc(-c3ccc(COCC)cc3)c3nsnc23)cc1. The molecule has 0 spiro atoms. The molecule has 0 unspecified atom stereocenters. The Balaban J connectivity index is 1.65. The first-order chi connectivity index (χ1) is 14.3. The summed E-state index contributed by atoms with van der Waals surface area (Å²) in [5, 5.41) is 0. The van der Waals surface area contributed by atoms with Crippen LogP contribution in [-0.2, 0) is 22.7 Å². The molecular weight excluding hydrogens is 380 g/mol. The molecule has 0 N–H and O–H groups in total. The van der Waals surface area contributed by atoms with Crippen molar-refractivity contribution in [3.8, 4) is 22.3 Å². The van der Waals surface area contributed by atoms with Gasteiger partial charge in [0, 0.05) is 24.3 Å². The van der Waals surface area contributed by atoms with Gasteiger partial charge in [-0.15, -0.1) is 0 Å². The summed E-state index contributed by atoms with van der Waals surface area (Å²) in [4.78, 5) is 0. The first kappa shape index (κ1) is 19.7. The van der Waals surface area contributed by atoms with Crippen LogP contribution in [-0.4, -0.2) is 22.0 Å². The molecule has 5 heteroatoms. The maximum Gasteiger partial charge on any atom is 0.113 e. The number of ether oxygens (including phenoxy) is 2. The maximum absolute atomic E-state index is 5.49. The number of rotatable bonds is 8. The molecule has 0 fully saturated rings. The van der Waals surface area contributed by atoms with Crippen molar-refractivity contribution in [2.45, 2.75) is 27.1 Å². The number of fused-ring (bicyclic) bond motifs is 1. The Kier molecular flexibility index (Phi) is 6.30. The van der Waals surface area contributed by atoms with Crippen LogP contribution in [0.25, 0.3) is 33.3 Å². The predicted molar refractivity (Wildman–Crippen MR) is 119 cm³/mol. The highest BCUT2D eigenvalue weighted by molar-refractivity contribution is 7.00. The highest BCUT2D eigenvalue weighted by Crippen LogP contribution is 2.34. The van der Waals surface area contributed by atoms with E-state index in [9.17, 15) is 0 Å². The van der Waals surface area contributed by atoms with Gasteiger partial charge in [0.2, 0.25) is 0 Å². The second-order valence-electron chi connectivity index (χ2n) is 6.79. The normalized spacial score (nSPS) is 11.2. The summed E-state index contributed by atoms with van der Waals surface area (Å²) in [6.07, 6.45) is 0. The van der Waals surface area contributed by atoms with E-state index in [4.69, 9.17) is 9.47 Å². The van der Waals surface area contributed by atoms with Crippen LogP contribution in [0.4, 0.5) is 0 Å². The second-order valence-corrected chi connectivity index (χ2v) is 7.32. The Hall–Kier alpha value is -2.60. The van der Waals surface area contributed by atoms with Gasteiger partial charge in [-0.05, 0) is 36.1 Å². The lowest BCUT2D eigenvalue weighted by molar-refractivity contribution is 0.134. The minimum Gasteiger partial charge on any atom is -0.377 e. The molecule has 1 aromatic heterocycles.